The third kappa shape index (κ3) is 4.01. The van der Waals surface area contributed by atoms with Gasteiger partial charge in [0.2, 0.25) is 0 Å². The predicted octanol–water partition coefficient (Wildman–Crippen LogP) is 0.988. The predicted molar refractivity (Wildman–Crippen MR) is 52.4 cm³/mol. The maximum absolute atomic E-state index is 5.43. The Hall–Kier alpha value is -0.930. The largest absolute Gasteiger partial charge is 0.377 e. The number of hydrogen-bond donors (Lipinski definition) is 1. The number of rotatable bonds is 5. The molecule has 0 saturated heterocycles. The van der Waals surface area contributed by atoms with E-state index >= 15 is 0 Å². The minimum absolute atomic E-state index is 0.142. The van der Waals surface area contributed by atoms with E-state index in [1.54, 1.807) is 6.20 Å². The van der Waals surface area contributed by atoms with Crippen LogP contribution in [-0.2, 0) is 11.2 Å². The van der Waals surface area contributed by atoms with E-state index in [0.717, 1.165) is 12.1 Å². The lowest BCUT2D eigenvalue weighted by atomic mass is 10.3. The molecule has 1 unspecified atom stereocenters. The van der Waals surface area contributed by atoms with Gasteiger partial charge in [0.05, 0.1) is 12.7 Å². The Morgan fingerprint density at radius 2 is 2.38 bits per heavy atom. The van der Waals surface area contributed by atoms with Crippen molar-refractivity contribution in [2.75, 3.05) is 13.2 Å². The SMILES string of the molecule is CC(CN)OCCc1ccccn1. The fourth-order valence-corrected chi connectivity index (χ4v) is 0.979. The van der Waals surface area contributed by atoms with E-state index in [1.807, 2.05) is 25.1 Å². The van der Waals surface area contributed by atoms with Crippen LogP contribution in [0.2, 0.25) is 0 Å². The Bertz CT molecular complexity index is 226. The maximum atomic E-state index is 5.43. The van der Waals surface area contributed by atoms with Crippen molar-refractivity contribution in [1.29, 1.82) is 0 Å². The van der Waals surface area contributed by atoms with Gasteiger partial charge in [0, 0.05) is 24.9 Å². The molecule has 3 heteroatoms. The van der Waals surface area contributed by atoms with Crippen LogP contribution in [0.15, 0.2) is 24.4 Å². The van der Waals surface area contributed by atoms with Crippen molar-refractivity contribution in [3.63, 3.8) is 0 Å². The second-order valence-electron chi connectivity index (χ2n) is 2.99. The monoisotopic (exact) mass is 180 g/mol. The first kappa shape index (κ1) is 10.2. The Balaban J connectivity index is 2.20. The van der Waals surface area contributed by atoms with Crippen molar-refractivity contribution in [3.8, 4) is 0 Å². The van der Waals surface area contributed by atoms with E-state index in [2.05, 4.69) is 4.98 Å². The summed E-state index contributed by atoms with van der Waals surface area (Å²) in [6.07, 6.45) is 2.79. The molecule has 0 radical (unpaired) electrons. The molecular formula is C10H16N2O. The van der Waals surface area contributed by atoms with Crippen LogP contribution in [0.4, 0.5) is 0 Å². The molecule has 0 amide bonds. The molecule has 1 rings (SSSR count). The highest BCUT2D eigenvalue weighted by Gasteiger charge is 1.98. The molecule has 1 aromatic rings. The van der Waals surface area contributed by atoms with Crippen LogP contribution in [-0.4, -0.2) is 24.2 Å². The van der Waals surface area contributed by atoms with Crippen LogP contribution < -0.4 is 5.73 Å². The van der Waals surface area contributed by atoms with Crippen LogP contribution in [0.5, 0.6) is 0 Å². The second kappa shape index (κ2) is 5.67. The second-order valence-corrected chi connectivity index (χ2v) is 2.99. The topological polar surface area (TPSA) is 48.1 Å². The van der Waals surface area contributed by atoms with E-state index < -0.39 is 0 Å². The third-order valence-corrected chi connectivity index (χ3v) is 1.82. The molecule has 1 aromatic heterocycles. The highest BCUT2D eigenvalue weighted by Crippen LogP contribution is 1.96. The van der Waals surface area contributed by atoms with E-state index in [4.69, 9.17) is 10.5 Å². The molecule has 0 aliphatic rings. The Morgan fingerprint density at radius 3 is 3.00 bits per heavy atom. The Morgan fingerprint density at radius 1 is 1.54 bits per heavy atom. The molecule has 1 atom stereocenters. The van der Waals surface area contributed by atoms with Crippen molar-refractivity contribution in [3.05, 3.63) is 30.1 Å². The lowest BCUT2D eigenvalue weighted by Crippen LogP contribution is -2.21. The van der Waals surface area contributed by atoms with Crippen molar-refractivity contribution in [1.82, 2.24) is 4.98 Å². The fourth-order valence-electron chi connectivity index (χ4n) is 0.979. The first-order valence-electron chi connectivity index (χ1n) is 4.54. The maximum Gasteiger partial charge on any atom is 0.0669 e. The molecule has 2 N–H and O–H groups in total. The highest BCUT2D eigenvalue weighted by molar-refractivity contribution is 5.03. The number of hydrogen-bond acceptors (Lipinski definition) is 3. The molecule has 13 heavy (non-hydrogen) atoms. The first-order chi connectivity index (χ1) is 6.33. The van der Waals surface area contributed by atoms with Crippen molar-refractivity contribution >= 4 is 0 Å². The van der Waals surface area contributed by atoms with Crippen LogP contribution in [0.1, 0.15) is 12.6 Å². The van der Waals surface area contributed by atoms with Crippen LogP contribution in [0.25, 0.3) is 0 Å². The molecule has 0 bridgehead atoms. The summed E-state index contributed by atoms with van der Waals surface area (Å²) in [6, 6.07) is 5.89. The van der Waals surface area contributed by atoms with Gasteiger partial charge in [-0.05, 0) is 19.1 Å². The average Bonchev–Trinajstić information content (AvgIpc) is 2.19. The van der Waals surface area contributed by atoms with Gasteiger partial charge >= 0.3 is 0 Å². The number of ether oxygens (including phenoxy) is 1. The Labute approximate surface area is 78.9 Å². The first-order valence-corrected chi connectivity index (χ1v) is 4.54. The lowest BCUT2D eigenvalue weighted by Gasteiger charge is -2.09. The van der Waals surface area contributed by atoms with Gasteiger partial charge in [-0.15, -0.1) is 0 Å². The molecule has 72 valence electrons. The van der Waals surface area contributed by atoms with Crippen molar-refractivity contribution < 1.29 is 4.74 Å². The smallest absolute Gasteiger partial charge is 0.0669 e. The van der Waals surface area contributed by atoms with Gasteiger partial charge in [0.15, 0.2) is 0 Å². The van der Waals surface area contributed by atoms with Gasteiger partial charge in [-0.25, -0.2) is 0 Å². The van der Waals surface area contributed by atoms with E-state index in [1.165, 1.54) is 0 Å². The summed E-state index contributed by atoms with van der Waals surface area (Å²) in [5.41, 5.74) is 6.47. The zero-order valence-electron chi connectivity index (χ0n) is 7.94. The molecule has 0 aliphatic carbocycles. The zero-order valence-corrected chi connectivity index (χ0v) is 7.94. The molecule has 1 heterocycles. The van der Waals surface area contributed by atoms with Gasteiger partial charge in [0.25, 0.3) is 0 Å². The summed E-state index contributed by atoms with van der Waals surface area (Å²) < 4.78 is 5.43. The lowest BCUT2D eigenvalue weighted by molar-refractivity contribution is 0.0739. The van der Waals surface area contributed by atoms with Crippen molar-refractivity contribution in [2.24, 2.45) is 5.73 Å². The van der Waals surface area contributed by atoms with Crippen LogP contribution in [0, 0.1) is 0 Å². The minimum Gasteiger partial charge on any atom is -0.377 e. The summed E-state index contributed by atoms with van der Waals surface area (Å²) in [7, 11) is 0. The van der Waals surface area contributed by atoms with Gasteiger partial charge in [0.1, 0.15) is 0 Å². The molecular weight excluding hydrogens is 164 g/mol. The molecule has 3 nitrogen and oxygen atoms in total. The Kier molecular flexibility index (Phi) is 4.43. The number of nitrogens with two attached hydrogens (primary N) is 1. The van der Waals surface area contributed by atoms with Gasteiger partial charge in [-0.3, -0.25) is 4.98 Å². The number of nitrogens with zero attached hydrogens (tertiary/aromatic N) is 1. The molecule has 0 fully saturated rings. The van der Waals surface area contributed by atoms with E-state index in [0.29, 0.717) is 13.2 Å². The van der Waals surface area contributed by atoms with E-state index in [9.17, 15) is 0 Å². The van der Waals surface area contributed by atoms with Crippen molar-refractivity contribution in [2.45, 2.75) is 19.4 Å². The van der Waals surface area contributed by atoms with Gasteiger partial charge < -0.3 is 10.5 Å². The summed E-state index contributed by atoms with van der Waals surface area (Å²) in [5.74, 6) is 0. The number of pyridine rings is 1. The average molecular weight is 180 g/mol. The number of aromatic nitrogens is 1. The van der Waals surface area contributed by atoms with E-state index in [-0.39, 0.29) is 6.10 Å². The zero-order chi connectivity index (χ0) is 9.52. The summed E-state index contributed by atoms with van der Waals surface area (Å²) in [4.78, 5) is 4.19. The molecule has 0 saturated carbocycles. The quantitative estimate of drug-likeness (QED) is 0.735. The molecule has 0 aromatic carbocycles. The molecule has 0 aliphatic heterocycles. The van der Waals surface area contributed by atoms with Gasteiger partial charge in [-0.2, -0.15) is 0 Å². The van der Waals surface area contributed by atoms with Crippen LogP contribution >= 0.6 is 0 Å². The summed E-state index contributed by atoms with van der Waals surface area (Å²) >= 11 is 0. The van der Waals surface area contributed by atoms with Crippen LogP contribution in [0.3, 0.4) is 0 Å². The minimum atomic E-state index is 0.142. The standard InChI is InChI=1S/C10H16N2O/c1-9(8-11)13-7-5-10-4-2-3-6-12-10/h2-4,6,9H,5,7-8,11H2,1H3. The normalized spacial score (nSPS) is 12.8. The summed E-state index contributed by atoms with van der Waals surface area (Å²) in [5, 5.41) is 0. The van der Waals surface area contributed by atoms with Gasteiger partial charge in [-0.1, -0.05) is 6.07 Å². The highest BCUT2D eigenvalue weighted by atomic mass is 16.5. The fraction of sp³-hybridized carbons (Fsp3) is 0.500. The summed E-state index contributed by atoms with van der Waals surface area (Å²) in [6.45, 7) is 3.23. The third-order valence-electron chi connectivity index (χ3n) is 1.82. The molecule has 0 spiro atoms.